The molecule has 1 aromatic carbocycles. The minimum Gasteiger partial charge on any atom is -0.451 e. The van der Waals surface area contributed by atoms with Crippen molar-refractivity contribution < 1.29 is 42.4 Å². The van der Waals surface area contributed by atoms with Gasteiger partial charge in [0, 0.05) is 24.4 Å². The van der Waals surface area contributed by atoms with Crippen LogP contribution in [0.4, 0.5) is 13.2 Å². The Kier molecular flexibility index (Phi) is 6.47. The molecular formula is C23H21F3N4O6. The molecule has 2 unspecified atom stereocenters. The third-order valence-corrected chi connectivity index (χ3v) is 6.25. The van der Waals surface area contributed by atoms with Crippen LogP contribution >= 0.6 is 0 Å². The van der Waals surface area contributed by atoms with Crippen LogP contribution in [-0.2, 0) is 14.2 Å². The molecule has 2 aliphatic heterocycles. The SMILES string of the molecule is O=C(OC1C(n2cc(-c3cc(F)c(F)c(F)c3)nn2)[C@@H](O)[C@@H](CO)O[C@@]12CCCO2)c1cccnc1. The summed E-state index contributed by atoms with van der Waals surface area (Å²) in [4.78, 5) is 16.9. The van der Waals surface area contributed by atoms with E-state index in [2.05, 4.69) is 15.3 Å². The highest BCUT2D eigenvalue weighted by atomic mass is 19.2. The van der Waals surface area contributed by atoms with Gasteiger partial charge in [0.1, 0.15) is 23.9 Å². The zero-order valence-corrected chi connectivity index (χ0v) is 18.6. The summed E-state index contributed by atoms with van der Waals surface area (Å²) < 4.78 is 59.7. The maximum absolute atomic E-state index is 13.8. The van der Waals surface area contributed by atoms with Crippen LogP contribution < -0.4 is 0 Å². The highest BCUT2D eigenvalue weighted by molar-refractivity contribution is 5.89. The van der Waals surface area contributed by atoms with E-state index in [9.17, 15) is 28.2 Å². The van der Waals surface area contributed by atoms with E-state index in [4.69, 9.17) is 14.2 Å². The first-order chi connectivity index (χ1) is 17.3. The molecule has 36 heavy (non-hydrogen) atoms. The Labute approximate surface area is 202 Å². The number of hydrogen-bond donors (Lipinski definition) is 2. The van der Waals surface area contributed by atoms with E-state index in [-0.39, 0.29) is 29.8 Å². The number of aliphatic hydroxyl groups is 2. The third-order valence-electron chi connectivity index (χ3n) is 6.25. The predicted molar refractivity (Wildman–Crippen MR) is 114 cm³/mol. The van der Waals surface area contributed by atoms with Gasteiger partial charge in [0.25, 0.3) is 0 Å². The molecular weight excluding hydrogens is 485 g/mol. The number of pyridine rings is 1. The van der Waals surface area contributed by atoms with Crippen molar-refractivity contribution in [3.8, 4) is 11.3 Å². The maximum atomic E-state index is 13.8. The van der Waals surface area contributed by atoms with Crippen molar-refractivity contribution in [2.24, 2.45) is 0 Å². The summed E-state index contributed by atoms with van der Waals surface area (Å²) in [5.41, 5.74) is -0.000816. The number of benzene rings is 1. The van der Waals surface area contributed by atoms with E-state index in [1.165, 1.54) is 24.7 Å². The summed E-state index contributed by atoms with van der Waals surface area (Å²) in [5, 5.41) is 28.8. The summed E-state index contributed by atoms with van der Waals surface area (Å²) in [5.74, 6) is -6.72. The lowest BCUT2D eigenvalue weighted by molar-refractivity contribution is -0.337. The monoisotopic (exact) mass is 506 g/mol. The molecule has 2 aromatic heterocycles. The molecule has 1 spiro atoms. The summed E-state index contributed by atoms with van der Waals surface area (Å²) in [7, 11) is 0. The van der Waals surface area contributed by atoms with Crippen LogP contribution in [-0.4, -0.2) is 73.5 Å². The fourth-order valence-corrected chi connectivity index (χ4v) is 4.53. The van der Waals surface area contributed by atoms with Crippen LogP contribution in [0.15, 0.2) is 42.9 Å². The van der Waals surface area contributed by atoms with Crippen molar-refractivity contribution in [3.63, 3.8) is 0 Å². The highest BCUT2D eigenvalue weighted by Gasteiger charge is 2.59. The van der Waals surface area contributed by atoms with Gasteiger partial charge in [-0.05, 0) is 30.7 Å². The lowest BCUT2D eigenvalue weighted by Crippen LogP contribution is -2.63. The van der Waals surface area contributed by atoms with E-state index in [0.717, 1.165) is 16.8 Å². The predicted octanol–water partition coefficient (Wildman–Crippen LogP) is 1.78. The average molecular weight is 506 g/mol. The molecule has 0 bridgehead atoms. The van der Waals surface area contributed by atoms with Gasteiger partial charge in [0.15, 0.2) is 23.6 Å². The Morgan fingerprint density at radius 2 is 2.06 bits per heavy atom. The zero-order chi connectivity index (χ0) is 25.4. The van der Waals surface area contributed by atoms with Crippen molar-refractivity contribution in [2.45, 2.75) is 43.0 Å². The second-order valence-corrected chi connectivity index (χ2v) is 8.49. The van der Waals surface area contributed by atoms with Crippen molar-refractivity contribution in [1.82, 2.24) is 20.0 Å². The summed E-state index contributed by atoms with van der Waals surface area (Å²) in [6.45, 7) is -0.305. The van der Waals surface area contributed by atoms with Crippen LogP contribution in [0, 0.1) is 17.5 Å². The second kappa shape index (κ2) is 9.58. The Hall–Kier alpha value is -3.39. The third kappa shape index (κ3) is 4.23. The Morgan fingerprint density at radius 3 is 2.69 bits per heavy atom. The van der Waals surface area contributed by atoms with Crippen molar-refractivity contribution in [1.29, 1.82) is 0 Å². The topological polar surface area (TPSA) is 129 Å². The summed E-state index contributed by atoms with van der Waals surface area (Å²) in [6.07, 6.45) is 1.05. The van der Waals surface area contributed by atoms with Gasteiger partial charge in [-0.15, -0.1) is 5.10 Å². The fourth-order valence-electron chi connectivity index (χ4n) is 4.53. The van der Waals surface area contributed by atoms with Crippen LogP contribution in [0.5, 0.6) is 0 Å². The Bertz CT molecular complexity index is 1230. The van der Waals surface area contributed by atoms with Gasteiger partial charge in [-0.1, -0.05) is 5.21 Å². The summed E-state index contributed by atoms with van der Waals surface area (Å²) in [6, 6.07) is 3.38. The smallest absolute Gasteiger partial charge is 0.340 e. The number of aliphatic hydroxyl groups excluding tert-OH is 2. The number of halogens is 3. The van der Waals surface area contributed by atoms with Gasteiger partial charge in [0.05, 0.1) is 25.0 Å². The van der Waals surface area contributed by atoms with Gasteiger partial charge in [0.2, 0.25) is 5.79 Å². The number of rotatable bonds is 5. The fraction of sp³-hybridized carbons (Fsp3) is 0.391. The molecule has 0 aliphatic carbocycles. The van der Waals surface area contributed by atoms with E-state index >= 15 is 0 Å². The second-order valence-electron chi connectivity index (χ2n) is 8.49. The number of carbonyl (C=O) groups is 1. The molecule has 13 heteroatoms. The molecule has 4 heterocycles. The molecule has 10 nitrogen and oxygen atoms in total. The normalized spacial score (nSPS) is 27.9. The van der Waals surface area contributed by atoms with Gasteiger partial charge >= 0.3 is 5.97 Å². The lowest BCUT2D eigenvalue weighted by atomic mass is 9.88. The zero-order valence-electron chi connectivity index (χ0n) is 18.6. The van der Waals surface area contributed by atoms with Crippen LogP contribution in [0.25, 0.3) is 11.3 Å². The van der Waals surface area contributed by atoms with Crippen molar-refractivity contribution >= 4 is 5.97 Å². The average Bonchev–Trinajstić information content (AvgIpc) is 3.56. The molecule has 5 atom stereocenters. The van der Waals surface area contributed by atoms with E-state index in [1.54, 1.807) is 6.07 Å². The molecule has 2 N–H and O–H groups in total. The minimum absolute atomic E-state index is 0.0363. The molecule has 2 aliphatic rings. The standard InChI is InChI=1S/C23H21F3N4O6/c24-14-7-13(8-15(25)18(14)26)16-10-30(29-28-16)19-20(32)17(11-31)36-23(4-2-6-34-23)21(19)35-22(33)12-3-1-5-27-9-12/h1,3,5,7-10,17,19-21,31-32H,2,4,6,11H2/t17-,19?,20+,21?,23+/m1/s1. The molecule has 3 aromatic rings. The van der Waals surface area contributed by atoms with Gasteiger partial charge in [-0.25, -0.2) is 22.6 Å². The number of esters is 1. The quantitative estimate of drug-likeness (QED) is 0.393. The number of carbonyl (C=O) groups excluding carboxylic acids is 1. The van der Waals surface area contributed by atoms with Crippen molar-refractivity contribution in [3.05, 3.63) is 65.9 Å². The van der Waals surface area contributed by atoms with Crippen LogP contribution in [0.1, 0.15) is 29.2 Å². The van der Waals surface area contributed by atoms with E-state index < -0.39 is 60.2 Å². The van der Waals surface area contributed by atoms with E-state index in [1.807, 2.05) is 0 Å². The first-order valence-corrected chi connectivity index (χ1v) is 11.1. The molecule has 2 saturated heterocycles. The Balaban J connectivity index is 1.55. The number of ether oxygens (including phenoxy) is 3. The summed E-state index contributed by atoms with van der Waals surface area (Å²) >= 11 is 0. The Morgan fingerprint density at radius 1 is 1.28 bits per heavy atom. The molecule has 0 radical (unpaired) electrons. The largest absolute Gasteiger partial charge is 0.451 e. The molecule has 190 valence electrons. The van der Waals surface area contributed by atoms with Gasteiger partial charge in [-0.2, -0.15) is 0 Å². The first-order valence-electron chi connectivity index (χ1n) is 11.1. The minimum atomic E-state index is -1.63. The maximum Gasteiger partial charge on any atom is 0.340 e. The lowest BCUT2D eigenvalue weighted by Gasteiger charge is -2.48. The van der Waals surface area contributed by atoms with Gasteiger partial charge < -0.3 is 24.4 Å². The van der Waals surface area contributed by atoms with Crippen LogP contribution in [0.2, 0.25) is 0 Å². The highest BCUT2D eigenvalue weighted by Crippen LogP contribution is 2.45. The molecule has 0 amide bonds. The van der Waals surface area contributed by atoms with Gasteiger partial charge in [-0.3, -0.25) is 4.98 Å². The van der Waals surface area contributed by atoms with Crippen molar-refractivity contribution in [2.75, 3.05) is 13.2 Å². The number of nitrogens with zero attached hydrogens (tertiary/aromatic N) is 4. The number of hydrogen-bond acceptors (Lipinski definition) is 9. The van der Waals surface area contributed by atoms with E-state index in [0.29, 0.717) is 6.42 Å². The molecule has 2 fully saturated rings. The molecule has 5 rings (SSSR count). The molecule has 0 saturated carbocycles. The first kappa shape index (κ1) is 24.3. The number of aromatic nitrogens is 4. The van der Waals surface area contributed by atoms with Crippen LogP contribution in [0.3, 0.4) is 0 Å².